The minimum Gasteiger partial charge on any atom is -0.294 e. The molecule has 1 atom stereocenters. The van der Waals surface area contributed by atoms with E-state index >= 15 is 0 Å². The minimum atomic E-state index is -4.29. The van der Waals surface area contributed by atoms with Gasteiger partial charge in [0.05, 0.1) is 12.2 Å². The maximum absolute atomic E-state index is 12.9. The molecule has 20 heavy (non-hydrogen) atoms. The number of halogens is 6. The highest BCUT2D eigenvalue weighted by atomic mass is 35.5. The molecule has 0 N–H and O–H groups in total. The summed E-state index contributed by atoms with van der Waals surface area (Å²) in [6.07, 6.45) is -6.64. The molecule has 1 fully saturated rings. The fourth-order valence-electron chi connectivity index (χ4n) is 2.43. The normalized spacial score (nSPS) is 20.9. The molecule has 0 amide bonds. The van der Waals surface area contributed by atoms with Crippen LogP contribution in [0.1, 0.15) is 30.0 Å². The molecule has 1 aliphatic rings. The minimum absolute atomic E-state index is 0.0621. The fraction of sp³-hybridized carbons (Fsp3) is 0.583. The number of rotatable bonds is 3. The summed E-state index contributed by atoms with van der Waals surface area (Å²) in [4.78, 5) is 5.08. The van der Waals surface area contributed by atoms with Crippen molar-refractivity contribution < 1.29 is 22.0 Å². The molecule has 2 nitrogen and oxygen atoms in total. The molecule has 1 aliphatic heterocycles. The van der Waals surface area contributed by atoms with Gasteiger partial charge in [0.15, 0.2) is 0 Å². The lowest BCUT2D eigenvalue weighted by molar-refractivity contribution is -0.143. The zero-order chi connectivity index (χ0) is 14.9. The van der Waals surface area contributed by atoms with E-state index in [2.05, 4.69) is 4.98 Å². The first kappa shape index (κ1) is 15.4. The summed E-state index contributed by atoms with van der Waals surface area (Å²) in [6.45, 7) is -0.762. The van der Waals surface area contributed by atoms with Gasteiger partial charge in [0, 0.05) is 18.0 Å². The van der Waals surface area contributed by atoms with E-state index in [1.54, 1.807) is 0 Å². The third-order valence-corrected chi connectivity index (χ3v) is 3.43. The predicted octanol–water partition coefficient (Wildman–Crippen LogP) is 4.02. The Kier molecular flexibility index (Phi) is 4.49. The number of hydrogen-bond acceptors (Lipinski definition) is 2. The van der Waals surface area contributed by atoms with Gasteiger partial charge in [-0.2, -0.15) is 13.2 Å². The van der Waals surface area contributed by atoms with Gasteiger partial charge in [-0.3, -0.25) is 4.90 Å². The van der Waals surface area contributed by atoms with Gasteiger partial charge in [-0.05, 0) is 25.1 Å². The summed E-state index contributed by atoms with van der Waals surface area (Å²) in [5.41, 5.74) is -0.148. The second kappa shape index (κ2) is 5.81. The Bertz CT molecular complexity index is 477. The number of alkyl halides is 5. The largest absolute Gasteiger partial charge is 0.401 e. The van der Waals surface area contributed by atoms with Gasteiger partial charge in [0.1, 0.15) is 5.15 Å². The van der Waals surface area contributed by atoms with Gasteiger partial charge in [-0.1, -0.05) is 11.6 Å². The Hall–Kier alpha value is -0.950. The lowest BCUT2D eigenvalue weighted by Crippen LogP contribution is -2.32. The van der Waals surface area contributed by atoms with Gasteiger partial charge >= 0.3 is 6.18 Å². The van der Waals surface area contributed by atoms with Crippen LogP contribution in [0.4, 0.5) is 22.0 Å². The molecule has 0 saturated carbocycles. The third-order valence-electron chi connectivity index (χ3n) is 3.22. The summed E-state index contributed by atoms with van der Waals surface area (Å²) >= 11 is 5.69. The fourth-order valence-corrected chi connectivity index (χ4v) is 2.58. The Morgan fingerprint density at radius 2 is 2.05 bits per heavy atom. The van der Waals surface area contributed by atoms with Gasteiger partial charge in [-0.25, -0.2) is 13.8 Å². The molecule has 0 aromatic carbocycles. The van der Waals surface area contributed by atoms with Crippen LogP contribution in [-0.2, 0) is 0 Å². The van der Waals surface area contributed by atoms with Crippen molar-refractivity contribution in [3.63, 3.8) is 0 Å². The lowest BCUT2D eigenvalue weighted by Gasteiger charge is -2.18. The molecule has 0 radical (unpaired) electrons. The van der Waals surface area contributed by atoms with Crippen LogP contribution in [0.3, 0.4) is 0 Å². The quantitative estimate of drug-likeness (QED) is 0.619. The number of pyridine rings is 1. The number of aromatic nitrogens is 1. The maximum Gasteiger partial charge on any atom is 0.401 e. The van der Waals surface area contributed by atoms with E-state index < -0.39 is 25.1 Å². The van der Waals surface area contributed by atoms with Crippen molar-refractivity contribution in [2.45, 2.75) is 24.9 Å². The summed E-state index contributed by atoms with van der Waals surface area (Å²) in [5, 5.41) is 0.0682. The van der Waals surface area contributed by atoms with Crippen LogP contribution < -0.4 is 0 Å². The van der Waals surface area contributed by atoms with Crippen molar-refractivity contribution in [1.82, 2.24) is 9.88 Å². The smallest absolute Gasteiger partial charge is 0.294 e. The van der Waals surface area contributed by atoms with Crippen molar-refractivity contribution in [2.24, 2.45) is 0 Å². The molecule has 1 aromatic rings. The van der Waals surface area contributed by atoms with E-state index in [0.29, 0.717) is 6.42 Å². The van der Waals surface area contributed by atoms with Crippen molar-refractivity contribution in [2.75, 3.05) is 19.6 Å². The Labute approximate surface area is 117 Å². The van der Waals surface area contributed by atoms with Crippen LogP contribution >= 0.6 is 11.6 Å². The van der Waals surface area contributed by atoms with E-state index in [0.717, 1.165) is 0 Å². The van der Waals surface area contributed by atoms with Gasteiger partial charge in [-0.15, -0.1) is 0 Å². The first-order valence-electron chi connectivity index (χ1n) is 6.00. The molecular formula is C12H12ClF5N2. The van der Waals surface area contributed by atoms with Gasteiger partial charge in [0.2, 0.25) is 0 Å². The second-order valence-electron chi connectivity index (χ2n) is 4.75. The number of likely N-dealkylation sites (tertiary alicyclic amines) is 1. The van der Waals surface area contributed by atoms with E-state index in [9.17, 15) is 22.0 Å². The van der Waals surface area contributed by atoms with E-state index in [-0.39, 0.29) is 29.5 Å². The maximum atomic E-state index is 12.9. The molecular weight excluding hydrogens is 303 g/mol. The van der Waals surface area contributed by atoms with Crippen molar-refractivity contribution >= 4 is 11.6 Å². The Morgan fingerprint density at radius 1 is 1.35 bits per heavy atom. The average molecular weight is 315 g/mol. The van der Waals surface area contributed by atoms with Crippen LogP contribution in [0.15, 0.2) is 12.1 Å². The predicted molar refractivity (Wildman–Crippen MR) is 64.1 cm³/mol. The van der Waals surface area contributed by atoms with Crippen LogP contribution in [-0.4, -0.2) is 35.7 Å². The van der Waals surface area contributed by atoms with Crippen molar-refractivity contribution in [1.29, 1.82) is 0 Å². The standard InChI is InChI=1S/C12H12ClF5N2/c13-9-2-1-8(11(14)15)10(19-9)7-3-4-20(5-7)6-12(16,17)18/h1-2,7,11H,3-6H2. The Morgan fingerprint density at radius 3 is 2.65 bits per heavy atom. The molecule has 2 rings (SSSR count). The number of hydrogen-bond donors (Lipinski definition) is 0. The molecule has 1 saturated heterocycles. The highest BCUT2D eigenvalue weighted by molar-refractivity contribution is 6.29. The van der Waals surface area contributed by atoms with Crippen LogP contribution in [0.2, 0.25) is 5.15 Å². The first-order chi connectivity index (χ1) is 9.26. The van der Waals surface area contributed by atoms with E-state index in [4.69, 9.17) is 11.6 Å². The van der Waals surface area contributed by atoms with Crippen molar-refractivity contribution in [3.8, 4) is 0 Å². The zero-order valence-electron chi connectivity index (χ0n) is 10.3. The van der Waals surface area contributed by atoms with Crippen LogP contribution in [0, 0.1) is 0 Å². The molecule has 0 bridgehead atoms. The molecule has 0 spiro atoms. The molecule has 1 unspecified atom stereocenters. The molecule has 112 valence electrons. The topological polar surface area (TPSA) is 16.1 Å². The molecule has 1 aromatic heterocycles. The van der Waals surface area contributed by atoms with Gasteiger partial charge in [0.25, 0.3) is 6.43 Å². The first-order valence-corrected chi connectivity index (χ1v) is 6.37. The van der Waals surface area contributed by atoms with E-state index in [1.807, 2.05) is 0 Å². The third kappa shape index (κ3) is 3.79. The Balaban J connectivity index is 2.15. The second-order valence-corrected chi connectivity index (χ2v) is 5.13. The molecule has 2 heterocycles. The highest BCUT2D eigenvalue weighted by Crippen LogP contribution is 2.34. The molecule has 0 aliphatic carbocycles. The summed E-state index contributed by atoms with van der Waals surface area (Å²) in [5.74, 6) is -0.444. The highest BCUT2D eigenvalue weighted by Gasteiger charge is 2.36. The van der Waals surface area contributed by atoms with Crippen LogP contribution in [0.25, 0.3) is 0 Å². The SMILES string of the molecule is FC(F)c1ccc(Cl)nc1C1CCN(CC(F)(F)F)C1. The number of nitrogens with zero attached hydrogens (tertiary/aromatic N) is 2. The van der Waals surface area contributed by atoms with Crippen molar-refractivity contribution in [3.05, 3.63) is 28.5 Å². The zero-order valence-corrected chi connectivity index (χ0v) is 11.1. The van der Waals surface area contributed by atoms with Crippen LogP contribution in [0.5, 0.6) is 0 Å². The summed E-state index contributed by atoms with van der Waals surface area (Å²) in [7, 11) is 0. The van der Waals surface area contributed by atoms with E-state index in [1.165, 1.54) is 17.0 Å². The monoisotopic (exact) mass is 314 g/mol. The van der Waals surface area contributed by atoms with Gasteiger partial charge < -0.3 is 0 Å². The lowest BCUT2D eigenvalue weighted by atomic mass is 9.99. The molecule has 8 heteroatoms. The summed E-state index contributed by atoms with van der Waals surface area (Å²) < 4.78 is 62.7. The average Bonchev–Trinajstić information content (AvgIpc) is 2.74. The summed E-state index contributed by atoms with van der Waals surface area (Å²) in [6, 6.07) is 2.44.